The van der Waals surface area contributed by atoms with E-state index in [1.165, 1.54) is 0 Å². The minimum Gasteiger partial charge on any atom is -0.384 e. The van der Waals surface area contributed by atoms with Crippen molar-refractivity contribution in [1.29, 1.82) is 0 Å². The van der Waals surface area contributed by atoms with E-state index < -0.39 is 0 Å². The Balaban J connectivity index is 2.57. The van der Waals surface area contributed by atoms with E-state index in [1.54, 1.807) is 0 Å². The summed E-state index contributed by atoms with van der Waals surface area (Å²) < 4.78 is 0. The average molecular weight is 259 g/mol. The summed E-state index contributed by atoms with van der Waals surface area (Å²) in [6.45, 7) is 6.28. The van der Waals surface area contributed by atoms with Gasteiger partial charge in [-0.3, -0.25) is 4.79 Å². The van der Waals surface area contributed by atoms with Crippen molar-refractivity contribution in [2.45, 2.75) is 33.7 Å². The number of amides is 1. The molecule has 0 fully saturated rings. The number of hydrogen-bond donors (Lipinski definition) is 2. The molecule has 102 valence electrons. The molecular weight excluding hydrogens is 238 g/mol. The topological polar surface area (TPSA) is 49.3 Å². The quantitative estimate of drug-likeness (QED) is 0.813. The minimum atomic E-state index is -0.327. The Hall–Kier alpha value is -1.79. The lowest BCUT2D eigenvalue weighted by Gasteiger charge is -2.21. The first-order valence-electron chi connectivity index (χ1n) is 6.46. The van der Waals surface area contributed by atoms with Crippen LogP contribution in [0.1, 0.15) is 38.3 Å². The molecular formula is C16H21NO2. The molecule has 0 aliphatic heterocycles. The minimum absolute atomic E-state index is 0.0687. The van der Waals surface area contributed by atoms with Crippen molar-refractivity contribution in [2.24, 2.45) is 5.41 Å². The monoisotopic (exact) mass is 259 g/mol. The van der Waals surface area contributed by atoms with Gasteiger partial charge in [0.1, 0.15) is 6.61 Å². The van der Waals surface area contributed by atoms with Crippen molar-refractivity contribution in [3.05, 3.63) is 35.4 Å². The maximum absolute atomic E-state index is 11.9. The van der Waals surface area contributed by atoms with Crippen LogP contribution in [0.15, 0.2) is 24.3 Å². The van der Waals surface area contributed by atoms with Gasteiger partial charge in [-0.2, -0.15) is 0 Å². The number of carbonyl (C=O) groups is 1. The Morgan fingerprint density at radius 3 is 2.47 bits per heavy atom. The highest BCUT2D eigenvalue weighted by atomic mass is 16.2. The van der Waals surface area contributed by atoms with Crippen molar-refractivity contribution in [3.8, 4) is 11.8 Å². The van der Waals surface area contributed by atoms with Gasteiger partial charge >= 0.3 is 0 Å². The van der Waals surface area contributed by atoms with E-state index in [1.807, 2.05) is 45.0 Å². The summed E-state index contributed by atoms with van der Waals surface area (Å²) in [5.74, 6) is 5.50. The summed E-state index contributed by atoms with van der Waals surface area (Å²) in [6, 6.07) is 7.63. The SMILES string of the molecule is CCC(C)(C)C(=O)NCc1ccc(C#CCO)cc1. The fourth-order valence-corrected chi connectivity index (χ4v) is 1.43. The smallest absolute Gasteiger partial charge is 0.225 e. The molecule has 0 radical (unpaired) electrons. The molecule has 0 heterocycles. The van der Waals surface area contributed by atoms with Crippen LogP contribution in [0.4, 0.5) is 0 Å². The molecule has 0 spiro atoms. The number of aliphatic hydroxyl groups excluding tert-OH is 1. The number of carbonyl (C=O) groups excluding carboxylic acids is 1. The summed E-state index contributed by atoms with van der Waals surface area (Å²) in [6.07, 6.45) is 0.814. The van der Waals surface area contributed by atoms with Crippen molar-refractivity contribution in [3.63, 3.8) is 0 Å². The van der Waals surface area contributed by atoms with E-state index in [0.29, 0.717) is 6.54 Å². The molecule has 0 saturated heterocycles. The molecule has 3 heteroatoms. The molecule has 1 aromatic rings. The van der Waals surface area contributed by atoms with Gasteiger partial charge in [0.05, 0.1) is 0 Å². The van der Waals surface area contributed by atoms with Crippen LogP contribution in [0.3, 0.4) is 0 Å². The maximum atomic E-state index is 11.9. The molecule has 1 aromatic carbocycles. The number of rotatable bonds is 4. The first kappa shape index (κ1) is 15.3. The van der Waals surface area contributed by atoms with Crippen LogP contribution in [0.5, 0.6) is 0 Å². The van der Waals surface area contributed by atoms with E-state index in [2.05, 4.69) is 17.2 Å². The van der Waals surface area contributed by atoms with Gasteiger partial charge in [-0.05, 0) is 24.1 Å². The molecule has 2 N–H and O–H groups in total. The molecule has 3 nitrogen and oxygen atoms in total. The van der Waals surface area contributed by atoms with Crippen LogP contribution in [-0.2, 0) is 11.3 Å². The number of aliphatic hydroxyl groups is 1. The molecule has 0 atom stereocenters. The fraction of sp³-hybridized carbons (Fsp3) is 0.438. The van der Waals surface area contributed by atoms with Crippen LogP contribution in [0, 0.1) is 17.3 Å². The van der Waals surface area contributed by atoms with Crippen molar-refractivity contribution in [1.82, 2.24) is 5.32 Å². The number of hydrogen-bond acceptors (Lipinski definition) is 2. The third-order valence-corrected chi connectivity index (χ3v) is 3.22. The van der Waals surface area contributed by atoms with Crippen LogP contribution in [0.2, 0.25) is 0 Å². The van der Waals surface area contributed by atoms with Crippen molar-refractivity contribution >= 4 is 5.91 Å². The van der Waals surface area contributed by atoms with Crippen LogP contribution in [-0.4, -0.2) is 17.6 Å². The van der Waals surface area contributed by atoms with E-state index >= 15 is 0 Å². The average Bonchev–Trinajstić information content (AvgIpc) is 2.43. The molecule has 0 bridgehead atoms. The lowest BCUT2D eigenvalue weighted by atomic mass is 9.89. The van der Waals surface area contributed by atoms with Gasteiger partial charge in [0.2, 0.25) is 5.91 Å². The van der Waals surface area contributed by atoms with Gasteiger partial charge in [-0.1, -0.05) is 44.7 Å². The second-order valence-electron chi connectivity index (χ2n) is 5.08. The zero-order chi connectivity index (χ0) is 14.3. The fourth-order valence-electron chi connectivity index (χ4n) is 1.43. The standard InChI is InChI=1S/C16H21NO2/c1-4-16(2,3)15(19)17-12-14-9-7-13(8-10-14)6-5-11-18/h7-10,18H,4,11-12H2,1-3H3,(H,17,19). The molecule has 0 aliphatic carbocycles. The Kier molecular flexibility index (Phi) is 5.59. The summed E-state index contributed by atoms with van der Waals surface area (Å²) in [7, 11) is 0. The van der Waals surface area contributed by atoms with E-state index in [-0.39, 0.29) is 17.9 Å². The Labute approximate surface area is 115 Å². The van der Waals surface area contributed by atoms with Gasteiger partial charge in [-0.15, -0.1) is 0 Å². The van der Waals surface area contributed by atoms with Gasteiger partial charge in [-0.25, -0.2) is 0 Å². The molecule has 0 aliphatic rings. The van der Waals surface area contributed by atoms with Gasteiger partial charge in [0, 0.05) is 17.5 Å². The van der Waals surface area contributed by atoms with E-state index in [4.69, 9.17) is 5.11 Å². The zero-order valence-corrected chi connectivity index (χ0v) is 11.8. The molecule has 1 amide bonds. The first-order chi connectivity index (χ1) is 8.99. The first-order valence-corrected chi connectivity index (χ1v) is 6.46. The highest BCUT2D eigenvalue weighted by Gasteiger charge is 2.24. The number of nitrogens with one attached hydrogen (secondary N) is 1. The molecule has 0 unspecified atom stereocenters. The molecule has 0 saturated carbocycles. The van der Waals surface area contributed by atoms with Crippen LogP contribution >= 0.6 is 0 Å². The normalized spacial score (nSPS) is 10.5. The van der Waals surface area contributed by atoms with Crippen LogP contribution in [0.25, 0.3) is 0 Å². The van der Waals surface area contributed by atoms with E-state index in [0.717, 1.165) is 17.5 Å². The second-order valence-corrected chi connectivity index (χ2v) is 5.08. The summed E-state index contributed by atoms with van der Waals surface area (Å²) in [5.41, 5.74) is 1.57. The number of benzene rings is 1. The van der Waals surface area contributed by atoms with Gasteiger partial charge in [0.25, 0.3) is 0 Å². The Bertz CT molecular complexity index is 478. The molecule has 19 heavy (non-hydrogen) atoms. The zero-order valence-electron chi connectivity index (χ0n) is 11.8. The Morgan fingerprint density at radius 1 is 1.32 bits per heavy atom. The van der Waals surface area contributed by atoms with E-state index in [9.17, 15) is 4.79 Å². The molecule has 1 rings (SSSR count). The predicted octanol–water partition coefficient (Wildman–Crippen LogP) is 2.08. The van der Waals surface area contributed by atoms with Crippen LogP contribution < -0.4 is 5.32 Å². The maximum Gasteiger partial charge on any atom is 0.225 e. The summed E-state index contributed by atoms with van der Waals surface area (Å²) in [5, 5.41) is 11.5. The predicted molar refractivity (Wildman–Crippen MR) is 76.3 cm³/mol. The molecule has 0 aromatic heterocycles. The third-order valence-electron chi connectivity index (χ3n) is 3.22. The highest BCUT2D eigenvalue weighted by molar-refractivity contribution is 5.81. The van der Waals surface area contributed by atoms with Crippen molar-refractivity contribution in [2.75, 3.05) is 6.61 Å². The van der Waals surface area contributed by atoms with Gasteiger partial charge < -0.3 is 10.4 Å². The second kappa shape index (κ2) is 6.96. The summed E-state index contributed by atoms with van der Waals surface area (Å²) >= 11 is 0. The largest absolute Gasteiger partial charge is 0.384 e. The van der Waals surface area contributed by atoms with Gasteiger partial charge in [0.15, 0.2) is 0 Å². The summed E-state index contributed by atoms with van der Waals surface area (Å²) in [4.78, 5) is 11.9. The Morgan fingerprint density at radius 2 is 1.95 bits per heavy atom. The lowest BCUT2D eigenvalue weighted by molar-refractivity contribution is -0.129. The third kappa shape index (κ3) is 4.76. The van der Waals surface area contributed by atoms with Crippen molar-refractivity contribution < 1.29 is 9.90 Å². The lowest BCUT2D eigenvalue weighted by Crippen LogP contribution is -2.35. The highest BCUT2D eigenvalue weighted by Crippen LogP contribution is 2.19.